The topological polar surface area (TPSA) is 35.0 Å². The third-order valence-electron chi connectivity index (χ3n) is 1.90. The number of hydrogen-bond donors (Lipinski definition) is 0. The normalized spacial score (nSPS) is 13.3. The molecule has 1 atom stereocenters. The zero-order chi connectivity index (χ0) is 11.6. The summed E-state index contributed by atoms with van der Waals surface area (Å²) in [7, 11) is 1.61. The maximum Gasteiger partial charge on any atom is 0.160 e. The van der Waals surface area contributed by atoms with Crippen LogP contribution in [0.25, 0.3) is 0 Å². The van der Waals surface area contributed by atoms with Crippen LogP contribution >= 0.6 is 39.1 Å². The molecule has 0 radical (unpaired) electrons. The monoisotopic (exact) mass is 312 g/mol. The smallest absolute Gasteiger partial charge is 0.160 e. The molecule has 0 saturated carbocycles. The number of methoxy groups -OCH3 is 1. The second-order valence-electron chi connectivity index (χ2n) is 3.38. The van der Waals surface area contributed by atoms with Crippen LogP contribution in [0.3, 0.4) is 0 Å². The molecule has 3 nitrogen and oxygen atoms in total. The van der Waals surface area contributed by atoms with Crippen molar-refractivity contribution in [3.8, 4) is 0 Å². The first kappa shape index (κ1) is 13.2. The number of hydrogen-bond acceptors (Lipinski definition) is 3. The first-order valence-corrected chi connectivity index (χ1v) is 5.93. The van der Waals surface area contributed by atoms with E-state index in [9.17, 15) is 0 Å². The van der Waals surface area contributed by atoms with E-state index in [1.807, 2.05) is 13.8 Å². The van der Waals surface area contributed by atoms with E-state index < -0.39 is 0 Å². The number of halogens is 3. The summed E-state index contributed by atoms with van der Waals surface area (Å²) in [4.78, 5) is 8.25. The minimum Gasteiger partial charge on any atom is -0.373 e. The maximum atomic E-state index is 5.89. The van der Waals surface area contributed by atoms with Crippen LogP contribution in [0.2, 0.25) is 10.3 Å². The van der Waals surface area contributed by atoms with Crippen LogP contribution in [0.5, 0.6) is 0 Å². The van der Waals surface area contributed by atoms with Gasteiger partial charge in [0.05, 0.1) is 4.47 Å². The molecule has 1 heterocycles. The van der Waals surface area contributed by atoms with Crippen molar-refractivity contribution in [1.29, 1.82) is 0 Å². The second-order valence-corrected chi connectivity index (χ2v) is 4.89. The highest BCUT2D eigenvalue weighted by molar-refractivity contribution is 9.10. The van der Waals surface area contributed by atoms with E-state index in [1.165, 1.54) is 0 Å². The summed E-state index contributed by atoms with van der Waals surface area (Å²) < 4.78 is 5.80. The van der Waals surface area contributed by atoms with Crippen molar-refractivity contribution >= 4 is 39.1 Å². The van der Waals surface area contributed by atoms with Crippen molar-refractivity contribution in [2.45, 2.75) is 20.0 Å². The van der Waals surface area contributed by atoms with Crippen LogP contribution in [-0.2, 0) is 4.74 Å². The van der Waals surface area contributed by atoms with E-state index in [0.717, 1.165) is 0 Å². The summed E-state index contributed by atoms with van der Waals surface area (Å²) in [6.07, 6.45) is -0.201. The van der Waals surface area contributed by atoms with Crippen molar-refractivity contribution in [3.05, 3.63) is 20.6 Å². The molecule has 0 aliphatic carbocycles. The molecule has 0 spiro atoms. The molecular weight excluding hydrogens is 303 g/mol. The molecule has 0 aliphatic rings. The van der Waals surface area contributed by atoms with E-state index in [2.05, 4.69) is 25.9 Å². The van der Waals surface area contributed by atoms with E-state index >= 15 is 0 Å². The van der Waals surface area contributed by atoms with Gasteiger partial charge in [-0.2, -0.15) is 0 Å². The minimum atomic E-state index is -0.201. The average molecular weight is 314 g/mol. The van der Waals surface area contributed by atoms with Crippen molar-refractivity contribution in [2.75, 3.05) is 7.11 Å². The van der Waals surface area contributed by atoms with Crippen LogP contribution in [0.4, 0.5) is 0 Å². The lowest BCUT2D eigenvalue weighted by Crippen LogP contribution is -2.13. The molecule has 0 N–H and O–H groups in total. The number of aromatic nitrogens is 2. The fourth-order valence-corrected chi connectivity index (χ4v) is 1.79. The number of nitrogens with zero attached hydrogens (tertiary/aromatic N) is 2. The summed E-state index contributed by atoms with van der Waals surface area (Å²) in [5.41, 5.74) is 0. The average Bonchev–Trinajstić information content (AvgIpc) is 2.14. The Hall–Kier alpha value is 0.1000. The predicted molar refractivity (Wildman–Crippen MR) is 64.3 cm³/mol. The van der Waals surface area contributed by atoms with E-state index in [-0.39, 0.29) is 12.0 Å². The highest BCUT2D eigenvalue weighted by Crippen LogP contribution is 2.30. The zero-order valence-corrected chi connectivity index (χ0v) is 11.7. The summed E-state index contributed by atoms with van der Waals surface area (Å²) in [5.74, 6) is 0.758. The molecule has 15 heavy (non-hydrogen) atoms. The molecule has 1 aromatic rings. The SMILES string of the molecule is COC(c1nc(Cl)c(Br)c(Cl)n1)C(C)C. The van der Waals surface area contributed by atoms with Gasteiger partial charge in [-0.1, -0.05) is 37.0 Å². The van der Waals surface area contributed by atoms with Crippen LogP contribution in [0, 0.1) is 5.92 Å². The Kier molecular flexibility index (Phi) is 4.77. The lowest BCUT2D eigenvalue weighted by atomic mass is 10.1. The first-order chi connectivity index (χ1) is 6.97. The van der Waals surface area contributed by atoms with Crippen molar-refractivity contribution in [1.82, 2.24) is 9.97 Å². The van der Waals surface area contributed by atoms with Gasteiger partial charge in [-0.05, 0) is 21.8 Å². The highest BCUT2D eigenvalue weighted by Gasteiger charge is 2.20. The maximum absolute atomic E-state index is 5.89. The predicted octanol–water partition coefficient (Wildman–Crippen LogP) is 3.89. The van der Waals surface area contributed by atoms with Gasteiger partial charge in [0.25, 0.3) is 0 Å². The van der Waals surface area contributed by atoms with Gasteiger partial charge >= 0.3 is 0 Å². The van der Waals surface area contributed by atoms with Crippen LogP contribution < -0.4 is 0 Å². The Balaban J connectivity index is 3.14. The molecule has 6 heteroatoms. The zero-order valence-electron chi connectivity index (χ0n) is 8.59. The number of rotatable bonds is 3. The van der Waals surface area contributed by atoms with E-state index in [0.29, 0.717) is 20.6 Å². The molecule has 0 saturated heterocycles. The van der Waals surface area contributed by atoms with Gasteiger partial charge in [0.1, 0.15) is 16.4 Å². The van der Waals surface area contributed by atoms with Gasteiger partial charge in [0.2, 0.25) is 0 Å². The summed E-state index contributed by atoms with van der Waals surface area (Å²) in [6, 6.07) is 0. The van der Waals surface area contributed by atoms with Gasteiger partial charge in [0.15, 0.2) is 5.82 Å². The molecule has 0 bridgehead atoms. The van der Waals surface area contributed by atoms with Gasteiger partial charge in [-0.3, -0.25) is 0 Å². The Morgan fingerprint density at radius 1 is 1.20 bits per heavy atom. The third-order valence-corrected chi connectivity index (χ3v) is 3.66. The van der Waals surface area contributed by atoms with Gasteiger partial charge in [-0.25, -0.2) is 9.97 Å². The van der Waals surface area contributed by atoms with Gasteiger partial charge in [0, 0.05) is 7.11 Å². The summed E-state index contributed by atoms with van der Waals surface area (Å²) in [6.45, 7) is 4.03. The largest absolute Gasteiger partial charge is 0.373 e. The Bertz CT molecular complexity index is 337. The third kappa shape index (κ3) is 3.03. The lowest BCUT2D eigenvalue weighted by molar-refractivity contribution is 0.0574. The first-order valence-electron chi connectivity index (χ1n) is 4.38. The van der Waals surface area contributed by atoms with Crippen LogP contribution in [-0.4, -0.2) is 17.1 Å². The Morgan fingerprint density at radius 2 is 1.67 bits per heavy atom. The molecule has 0 fully saturated rings. The molecule has 1 unspecified atom stereocenters. The van der Waals surface area contributed by atoms with Crippen molar-refractivity contribution < 1.29 is 4.74 Å². The number of ether oxygens (including phenoxy) is 1. The minimum absolute atomic E-state index is 0.201. The van der Waals surface area contributed by atoms with Crippen LogP contribution in [0.1, 0.15) is 25.8 Å². The molecule has 1 rings (SSSR count). The summed E-state index contributed by atoms with van der Waals surface area (Å²) >= 11 is 15.0. The van der Waals surface area contributed by atoms with Crippen molar-refractivity contribution in [3.63, 3.8) is 0 Å². The lowest BCUT2D eigenvalue weighted by Gasteiger charge is -2.18. The fourth-order valence-electron chi connectivity index (χ4n) is 1.21. The molecule has 0 amide bonds. The van der Waals surface area contributed by atoms with E-state index in [4.69, 9.17) is 27.9 Å². The summed E-state index contributed by atoms with van der Waals surface area (Å²) in [5, 5.41) is 0.598. The Morgan fingerprint density at radius 3 is 2.00 bits per heavy atom. The fraction of sp³-hybridized carbons (Fsp3) is 0.556. The quantitative estimate of drug-likeness (QED) is 0.794. The standard InChI is InChI=1S/C9H11BrCl2N2O/c1-4(2)6(15-3)9-13-7(11)5(10)8(12)14-9/h4,6H,1-3H3. The van der Waals surface area contributed by atoms with Gasteiger partial charge < -0.3 is 4.74 Å². The molecular formula is C9H11BrCl2N2O. The van der Waals surface area contributed by atoms with Crippen LogP contribution in [0.15, 0.2) is 4.47 Å². The van der Waals surface area contributed by atoms with E-state index in [1.54, 1.807) is 7.11 Å². The van der Waals surface area contributed by atoms with Gasteiger partial charge in [-0.15, -0.1) is 0 Å². The van der Waals surface area contributed by atoms with Crippen molar-refractivity contribution in [2.24, 2.45) is 5.92 Å². The second kappa shape index (κ2) is 5.43. The highest BCUT2D eigenvalue weighted by atomic mass is 79.9. The molecule has 84 valence electrons. The molecule has 1 aromatic heterocycles. The Labute approximate surface area is 107 Å². The molecule has 0 aromatic carbocycles. The molecule has 0 aliphatic heterocycles.